The molecular formula is C24H23ClN6O2. The summed E-state index contributed by atoms with van der Waals surface area (Å²) in [6.07, 6.45) is 3.27. The van der Waals surface area contributed by atoms with Crippen LogP contribution in [0.4, 0.5) is 5.82 Å². The summed E-state index contributed by atoms with van der Waals surface area (Å²) in [5.41, 5.74) is 8.09. The zero-order valence-electron chi connectivity index (χ0n) is 18.7. The molecule has 0 saturated heterocycles. The number of aromatic nitrogens is 4. The molecule has 8 nitrogen and oxygen atoms in total. The van der Waals surface area contributed by atoms with E-state index in [2.05, 4.69) is 26.9 Å². The summed E-state index contributed by atoms with van der Waals surface area (Å²) in [7, 11) is 3.50. The maximum Gasteiger partial charge on any atom is 0.255 e. The van der Waals surface area contributed by atoms with Gasteiger partial charge in [-0.1, -0.05) is 23.4 Å². The number of carbonyl (C=O) groups excluding carboxylic acids is 1. The highest BCUT2D eigenvalue weighted by molar-refractivity contribution is 6.35. The molecule has 0 aliphatic rings. The lowest BCUT2D eigenvalue weighted by Gasteiger charge is -2.18. The predicted molar refractivity (Wildman–Crippen MR) is 129 cm³/mol. The second-order valence-electron chi connectivity index (χ2n) is 8.39. The van der Waals surface area contributed by atoms with Crippen LogP contribution in [0.25, 0.3) is 21.8 Å². The first kappa shape index (κ1) is 22.5. The summed E-state index contributed by atoms with van der Waals surface area (Å²) in [6, 6.07) is 6.98. The molecular weight excluding hydrogens is 440 g/mol. The summed E-state index contributed by atoms with van der Waals surface area (Å²) >= 11 is 6.45. The molecule has 0 fully saturated rings. The molecule has 4 aromatic rings. The molecule has 0 aliphatic carbocycles. The van der Waals surface area contributed by atoms with E-state index >= 15 is 0 Å². The minimum absolute atomic E-state index is 0.248. The fourth-order valence-electron chi connectivity index (χ4n) is 3.48. The second-order valence-corrected chi connectivity index (χ2v) is 8.79. The first-order valence-corrected chi connectivity index (χ1v) is 10.6. The van der Waals surface area contributed by atoms with Gasteiger partial charge < -0.3 is 15.7 Å². The quantitative estimate of drug-likeness (QED) is 0.452. The molecule has 0 atom stereocenters. The largest absolute Gasteiger partial charge is 0.383 e. The van der Waals surface area contributed by atoms with Gasteiger partial charge in [-0.15, -0.1) is 0 Å². The predicted octanol–water partition coefficient (Wildman–Crippen LogP) is 3.15. The van der Waals surface area contributed by atoms with Gasteiger partial charge in [0.2, 0.25) is 0 Å². The number of hydrogen-bond acceptors (Lipinski definition) is 6. The first-order valence-electron chi connectivity index (χ1n) is 10.2. The minimum atomic E-state index is -1.08. The monoisotopic (exact) mass is 462 g/mol. The lowest BCUT2D eigenvalue weighted by atomic mass is 10.1. The third-order valence-corrected chi connectivity index (χ3v) is 5.42. The molecule has 0 radical (unpaired) electrons. The molecule has 9 heteroatoms. The zero-order valence-corrected chi connectivity index (χ0v) is 19.5. The number of aryl methyl sites for hydroxylation is 1. The van der Waals surface area contributed by atoms with Gasteiger partial charge in [0.25, 0.3) is 5.91 Å². The van der Waals surface area contributed by atoms with Crippen molar-refractivity contribution in [1.29, 1.82) is 0 Å². The fourth-order valence-corrected chi connectivity index (χ4v) is 3.72. The maximum absolute atomic E-state index is 13.2. The molecule has 0 unspecified atom stereocenters. The lowest BCUT2D eigenvalue weighted by molar-refractivity contribution is 0.0783. The van der Waals surface area contributed by atoms with Gasteiger partial charge in [-0.3, -0.25) is 14.5 Å². The summed E-state index contributed by atoms with van der Waals surface area (Å²) in [5, 5.41) is 15.7. The van der Waals surface area contributed by atoms with Crippen molar-refractivity contribution in [2.24, 2.45) is 7.05 Å². The Morgan fingerprint density at radius 2 is 2.03 bits per heavy atom. The Bertz CT molecular complexity index is 1440. The van der Waals surface area contributed by atoms with E-state index in [1.54, 1.807) is 67.1 Å². The van der Waals surface area contributed by atoms with E-state index in [-0.39, 0.29) is 17.5 Å². The highest BCUT2D eigenvalue weighted by atomic mass is 35.5. The molecule has 1 aromatic carbocycles. The van der Waals surface area contributed by atoms with Crippen LogP contribution in [0, 0.1) is 11.8 Å². The number of rotatable bonds is 3. The van der Waals surface area contributed by atoms with Crippen LogP contribution in [0.1, 0.15) is 35.5 Å². The van der Waals surface area contributed by atoms with Crippen molar-refractivity contribution in [2.45, 2.75) is 26.0 Å². The molecule has 4 rings (SSSR count). The Labute approximate surface area is 196 Å². The molecule has 33 heavy (non-hydrogen) atoms. The van der Waals surface area contributed by atoms with Gasteiger partial charge in [0.1, 0.15) is 11.4 Å². The molecule has 3 aromatic heterocycles. The van der Waals surface area contributed by atoms with Crippen molar-refractivity contribution in [3.8, 4) is 11.8 Å². The molecule has 3 N–H and O–H groups in total. The number of aliphatic hydroxyl groups is 1. The summed E-state index contributed by atoms with van der Waals surface area (Å²) in [6.45, 7) is 3.52. The average Bonchev–Trinajstić information content (AvgIpc) is 3.14. The van der Waals surface area contributed by atoms with Crippen LogP contribution in [-0.4, -0.2) is 48.3 Å². The van der Waals surface area contributed by atoms with Gasteiger partial charge in [-0.2, -0.15) is 5.10 Å². The molecule has 0 aliphatic heterocycles. The van der Waals surface area contributed by atoms with Crippen LogP contribution < -0.4 is 5.73 Å². The number of anilines is 1. The number of nitrogen functional groups attached to an aromatic ring is 1. The van der Waals surface area contributed by atoms with Gasteiger partial charge in [-0.25, -0.2) is 4.98 Å². The van der Waals surface area contributed by atoms with Crippen molar-refractivity contribution in [3.63, 3.8) is 0 Å². The van der Waals surface area contributed by atoms with Crippen molar-refractivity contribution in [2.75, 3.05) is 12.8 Å². The molecule has 168 valence electrons. The fraction of sp³-hybridized carbons (Fsp3) is 0.250. The van der Waals surface area contributed by atoms with E-state index in [0.29, 0.717) is 28.2 Å². The number of nitrogens with zero attached hydrogens (tertiary/aromatic N) is 5. The van der Waals surface area contributed by atoms with E-state index in [9.17, 15) is 9.90 Å². The van der Waals surface area contributed by atoms with Gasteiger partial charge in [-0.05, 0) is 38.1 Å². The third-order valence-electron chi connectivity index (χ3n) is 5.11. The Balaban J connectivity index is 1.62. The molecule has 3 heterocycles. The van der Waals surface area contributed by atoms with Crippen LogP contribution in [0.15, 0.2) is 36.7 Å². The van der Waals surface area contributed by atoms with Crippen LogP contribution in [0.3, 0.4) is 0 Å². The van der Waals surface area contributed by atoms with Gasteiger partial charge >= 0.3 is 0 Å². The number of fused-ring (bicyclic) bond motifs is 3. The normalized spacial score (nSPS) is 11.5. The second kappa shape index (κ2) is 8.35. The van der Waals surface area contributed by atoms with Crippen LogP contribution in [0.5, 0.6) is 0 Å². The topological polar surface area (TPSA) is 110 Å². The highest BCUT2D eigenvalue weighted by Crippen LogP contribution is 2.31. The van der Waals surface area contributed by atoms with Crippen molar-refractivity contribution >= 4 is 45.1 Å². The standard InChI is InChI=1S/C24H23ClN6O2/c1-24(2,33)8-7-14-5-6-15(27-11-14)13-30(3)23(32)16-9-17-20(10-19(16)25)29-22(26)18-12-28-31(4)21(17)18/h5-6,9-12,33H,13H2,1-4H3,(H2,26,29). The number of halogens is 1. The van der Waals surface area contributed by atoms with Gasteiger partial charge in [0.05, 0.1) is 45.4 Å². The van der Waals surface area contributed by atoms with Crippen LogP contribution in [-0.2, 0) is 13.6 Å². The molecule has 0 bridgehead atoms. The van der Waals surface area contributed by atoms with Crippen LogP contribution >= 0.6 is 11.6 Å². The lowest BCUT2D eigenvalue weighted by Crippen LogP contribution is -2.27. The Hall–Kier alpha value is -3.67. The smallest absolute Gasteiger partial charge is 0.255 e. The number of benzene rings is 1. The zero-order chi connectivity index (χ0) is 23.9. The summed E-state index contributed by atoms with van der Waals surface area (Å²) < 4.78 is 1.70. The van der Waals surface area contributed by atoms with Gasteiger partial charge in [0, 0.05) is 31.2 Å². The van der Waals surface area contributed by atoms with E-state index in [1.165, 1.54) is 0 Å². The van der Waals surface area contributed by atoms with Crippen molar-refractivity contribution < 1.29 is 9.90 Å². The number of nitrogens with two attached hydrogens (primary N) is 1. The van der Waals surface area contributed by atoms with E-state index < -0.39 is 5.60 Å². The van der Waals surface area contributed by atoms with E-state index in [0.717, 1.165) is 16.3 Å². The summed E-state index contributed by atoms with van der Waals surface area (Å²) in [5.74, 6) is 5.73. The number of hydrogen-bond donors (Lipinski definition) is 2. The van der Waals surface area contributed by atoms with E-state index in [1.807, 2.05) is 7.05 Å². The van der Waals surface area contributed by atoms with Crippen LogP contribution in [0.2, 0.25) is 5.02 Å². The number of carbonyl (C=O) groups is 1. The third kappa shape index (κ3) is 4.60. The van der Waals surface area contributed by atoms with E-state index in [4.69, 9.17) is 17.3 Å². The summed E-state index contributed by atoms with van der Waals surface area (Å²) in [4.78, 5) is 23.5. The molecule has 0 spiro atoms. The highest BCUT2D eigenvalue weighted by Gasteiger charge is 2.20. The van der Waals surface area contributed by atoms with Gasteiger partial charge in [0.15, 0.2) is 0 Å². The average molecular weight is 463 g/mol. The van der Waals surface area contributed by atoms with Crippen molar-refractivity contribution in [1.82, 2.24) is 24.6 Å². The Morgan fingerprint density at radius 3 is 2.70 bits per heavy atom. The minimum Gasteiger partial charge on any atom is -0.383 e. The number of amides is 1. The molecule has 0 saturated carbocycles. The Morgan fingerprint density at radius 1 is 1.27 bits per heavy atom. The Kier molecular flexibility index (Phi) is 5.70. The first-order chi connectivity index (χ1) is 15.5. The van der Waals surface area contributed by atoms with Crippen molar-refractivity contribution in [3.05, 3.63) is 58.5 Å². The maximum atomic E-state index is 13.2. The SMILES string of the molecule is CN(Cc1ccc(C#CC(C)(C)O)cn1)C(=O)c1cc2c(cc1Cl)nc(N)c1cnn(C)c12. The molecule has 1 amide bonds. The number of pyridine rings is 2.